The lowest BCUT2D eigenvalue weighted by Crippen LogP contribution is -2.33. The molecule has 0 radical (unpaired) electrons. The molecule has 6 nitrogen and oxygen atoms in total. The topological polar surface area (TPSA) is 89.0 Å². The Balaban J connectivity index is 3.31. The zero-order valence-corrected chi connectivity index (χ0v) is 11.7. The van der Waals surface area contributed by atoms with Gasteiger partial charge in [0.2, 0.25) is 0 Å². The molecule has 1 rings (SSSR count). The molecule has 1 heterocycles. The number of hydrogen-bond acceptors (Lipinski definition) is 4. The number of nitrogens with zero attached hydrogens (tertiary/aromatic N) is 1. The molecule has 0 bridgehead atoms. The van der Waals surface area contributed by atoms with E-state index in [0.29, 0.717) is 6.54 Å². The summed E-state index contributed by atoms with van der Waals surface area (Å²) in [5.74, 6) is 0.236. The molecule has 0 aliphatic carbocycles. The molecule has 1 N–H and O–H groups in total. The predicted octanol–water partition coefficient (Wildman–Crippen LogP) is 0.900. The van der Waals surface area contributed by atoms with Crippen molar-refractivity contribution < 1.29 is 8.42 Å². The second-order valence-electron chi connectivity index (χ2n) is 4.03. The summed E-state index contributed by atoms with van der Waals surface area (Å²) < 4.78 is 23.5. The van der Waals surface area contributed by atoms with Gasteiger partial charge in [0, 0.05) is 23.4 Å². The number of hydrogen-bond donors (Lipinski definition) is 1. The lowest BCUT2D eigenvalue weighted by atomic mass is 10.0. The Kier molecular flexibility index (Phi) is 4.75. The Morgan fingerprint density at radius 2 is 1.89 bits per heavy atom. The smallest absolute Gasteiger partial charge is 0.299 e. The third kappa shape index (κ3) is 3.46. The molecular weight excluding hydrogens is 280 g/mol. The first kappa shape index (κ1) is 15.0. The molecule has 1 aromatic heterocycles. The maximum atomic E-state index is 11.6. The van der Waals surface area contributed by atoms with Crippen molar-refractivity contribution in [2.45, 2.75) is 38.1 Å². The van der Waals surface area contributed by atoms with E-state index in [-0.39, 0.29) is 5.92 Å². The second kappa shape index (κ2) is 5.71. The third-order valence-corrected chi connectivity index (χ3v) is 4.17. The van der Waals surface area contributed by atoms with E-state index < -0.39 is 25.2 Å². The van der Waals surface area contributed by atoms with Crippen molar-refractivity contribution in [3.63, 3.8) is 0 Å². The molecule has 0 atom stereocenters. The first-order chi connectivity index (χ1) is 8.29. The van der Waals surface area contributed by atoms with Crippen molar-refractivity contribution in [2.24, 2.45) is 5.92 Å². The fourth-order valence-corrected chi connectivity index (χ4v) is 2.48. The van der Waals surface area contributed by atoms with Gasteiger partial charge in [-0.15, -0.1) is 0 Å². The van der Waals surface area contributed by atoms with Crippen LogP contribution in [0.1, 0.15) is 26.7 Å². The van der Waals surface area contributed by atoms with Crippen LogP contribution in [0.2, 0.25) is 0 Å². The Bertz CT molecular complexity index is 628. The van der Waals surface area contributed by atoms with Crippen LogP contribution in [-0.2, 0) is 15.6 Å². The molecule has 1 aromatic rings. The molecule has 0 spiro atoms. The van der Waals surface area contributed by atoms with Gasteiger partial charge in [0.1, 0.15) is 0 Å². The molecule has 0 unspecified atom stereocenters. The monoisotopic (exact) mass is 294 g/mol. The van der Waals surface area contributed by atoms with Crippen LogP contribution in [0.4, 0.5) is 0 Å². The maximum Gasteiger partial charge on any atom is 0.328 e. The summed E-state index contributed by atoms with van der Waals surface area (Å²) in [4.78, 5) is 24.2. The van der Waals surface area contributed by atoms with Crippen molar-refractivity contribution in [1.29, 1.82) is 0 Å². The van der Waals surface area contributed by atoms with Crippen molar-refractivity contribution in [3.05, 3.63) is 27.0 Å². The summed E-state index contributed by atoms with van der Waals surface area (Å²) in [6.07, 6.45) is 2.71. The number of halogens is 1. The number of aromatic amines is 1. The maximum absolute atomic E-state index is 11.6. The summed E-state index contributed by atoms with van der Waals surface area (Å²) in [7, 11) is 0.976. The van der Waals surface area contributed by atoms with Gasteiger partial charge in [-0.05, 0) is 5.92 Å². The Morgan fingerprint density at radius 3 is 2.33 bits per heavy atom. The largest absolute Gasteiger partial charge is 0.328 e. The molecule has 0 aliphatic heterocycles. The normalized spacial score (nSPS) is 12.0. The highest BCUT2D eigenvalue weighted by Gasteiger charge is 2.18. The van der Waals surface area contributed by atoms with Crippen LogP contribution >= 0.6 is 10.7 Å². The van der Waals surface area contributed by atoms with Crippen LogP contribution in [0.25, 0.3) is 0 Å². The van der Waals surface area contributed by atoms with Gasteiger partial charge in [0.15, 0.2) is 4.90 Å². The standard InChI is InChI=1S/C10H15ClN2O4S/c1-3-7(4-2)5-13-6-8(18(11,16)17)9(14)12-10(13)15/h6-7H,3-5H2,1-2H3,(H,12,14,15). The zero-order chi connectivity index (χ0) is 13.9. The first-order valence-electron chi connectivity index (χ1n) is 5.58. The quantitative estimate of drug-likeness (QED) is 0.817. The first-order valence-corrected chi connectivity index (χ1v) is 7.89. The van der Waals surface area contributed by atoms with E-state index in [4.69, 9.17) is 10.7 Å². The molecule has 18 heavy (non-hydrogen) atoms. The summed E-state index contributed by atoms with van der Waals surface area (Å²) in [5.41, 5.74) is -1.62. The highest BCUT2D eigenvalue weighted by molar-refractivity contribution is 8.13. The van der Waals surface area contributed by atoms with E-state index >= 15 is 0 Å². The van der Waals surface area contributed by atoms with Gasteiger partial charge in [0.05, 0.1) is 0 Å². The zero-order valence-electron chi connectivity index (χ0n) is 10.1. The molecule has 0 fully saturated rings. The summed E-state index contributed by atoms with van der Waals surface area (Å²) in [5, 5.41) is 0. The van der Waals surface area contributed by atoms with Gasteiger partial charge < -0.3 is 0 Å². The average Bonchev–Trinajstić information content (AvgIpc) is 2.26. The highest BCUT2D eigenvalue weighted by atomic mass is 35.7. The van der Waals surface area contributed by atoms with Gasteiger partial charge in [-0.25, -0.2) is 13.2 Å². The average molecular weight is 295 g/mol. The minimum Gasteiger partial charge on any atom is -0.299 e. The molecule has 0 amide bonds. The van der Waals surface area contributed by atoms with Gasteiger partial charge >= 0.3 is 5.69 Å². The molecule has 0 aromatic carbocycles. The van der Waals surface area contributed by atoms with Crippen LogP contribution in [-0.4, -0.2) is 18.0 Å². The molecular formula is C10H15ClN2O4S. The number of aromatic nitrogens is 2. The molecule has 102 valence electrons. The number of H-pyrrole nitrogens is 1. The van der Waals surface area contributed by atoms with E-state index in [9.17, 15) is 18.0 Å². The molecule has 0 aliphatic rings. The van der Waals surface area contributed by atoms with Crippen LogP contribution in [0.5, 0.6) is 0 Å². The Labute approximate surface area is 109 Å². The van der Waals surface area contributed by atoms with E-state index in [1.54, 1.807) is 0 Å². The molecule has 0 saturated carbocycles. The van der Waals surface area contributed by atoms with Crippen LogP contribution in [0.3, 0.4) is 0 Å². The van der Waals surface area contributed by atoms with E-state index in [0.717, 1.165) is 19.0 Å². The summed E-state index contributed by atoms with van der Waals surface area (Å²) in [6, 6.07) is 0. The Morgan fingerprint density at radius 1 is 1.33 bits per heavy atom. The summed E-state index contributed by atoms with van der Waals surface area (Å²) >= 11 is 0. The molecule has 0 saturated heterocycles. The lowest BCUT2D eigenvalue weighted by molar-refractivity contribution is 0.405. The van der Waals surface area contributed by atoms with Gasteiger partial charge in [-0.1, -0.05) is 26.7 Å². The number of rotatable bonds is 5. The lowest BCUT2D eigenvalue weighted by Gasteiger charge is -2.14. The molecule has 8 heteroatoms. The SMILES string of the molecule is CCC(CC)Cn1cc(S(=O)(=O)Cl)c(=O)[nH]c1=O. The highest BCUT2D eigenvalue weighted by Crippen LogP contribution is 2.11. The van der Waals surface area contributed by atoms with E-state index in [2.05, 4.69) is 0 Å². The van der Waals surface area contributed by atoms with Crippen molar-refractivity contribution in [1.82, 2.24) is 9.55 Å². The van der Waals surface area contributed by atoms with Crippen LogP contribution in [0.15, 0.2) is 20.7 Å². The van der Waals surface area contributed by atoms with Crippen molar-refractivity contribution >= 4 is 19.7 Å². The third-order valence-electron chi connectivity index (χ3n) is 2.85. The van der Waals surface area contributed by atoms with Crippen molar-refractivity contribution in [2.75, 3.05) is 0 Å². The van der Waals surface area contributed by atoms with E-state index in [1.165, 1.54) is 4.57 Å². The van der Waals surface area contributed by atoms with E-state index in [1.807, 2.05) is 18.8 Å². The van der Waals surface area contributed by atoms with Gasteiger partial charge in [-0.3, -0.25) is 14.3 Å². The second-order valence-corrected chi connectivity index (χ2v) is 6.56. The summed E-state index contributed by atoms with van der Waals surface area (Å²) in [6.45, 7) is 4.30. The Hall–Kier alpha value is -1.08. The van der Waals surface area contributed by atoms with Gasteiger partial charge in [0.25, 0.3) is 14.6 Å². The predicted molar refractivity (Wildman–Crippen MR) is 68.4 cm³/mol. The van der Waals surface area contributed by atoms with Crippen molar-refractivity contribution in [3.8, 4) is 0 Å². The minimum absolute atomic E-state index is 0.236. The minimum atomic E-state index is -4.15. The number of nitrogens with one attached hydrogen (secondary N) is 1. The van der Waals surface area contributed by atoms with Crippen LogP contribution in [0, 0.1) is 5.92 Å². The fraction of sp³-hybridized carbons (Fsp3) is 0.600. The fourth-order valence-electron chi connectivity index (χ4n) is 1.62. The van der Waals surface area contributed by atoms with Crippen LogP contribution < -0.4 is 11.2 Å². The van der Waals surface area contributed by atoms with Gasteiger partial charge in [-0.2, -0.15) is 0 Å².